The Balaban J connectivity index is 2.56. The van der Waals surface area contributed by atoms with Crippen LogP contribution in [0.2, 0.25) is 0 Å². The summed E-state index contributed by atoms with van der Waals surface area (Å²) in [6, 6.07) is 7.53. The summed E-state index contributed by atoms with van der Waals surface area (Å²) in [5, 5.41) is 0. The van der Waals surface area contributed by atoms with Crippen LogP contribution in [-0.2, 0) is 0 Å². The highest BCUT2D eigenvalue weighted by atomic mass is 16.5. The number of ether oxygens (including phenoxy) is 2. The van der Waals surface area contributed by atoms with Gasteiger partial charge in [-0.1, -0.05) is 13.8 Å². The minimum atomic E-state index is 0.268. The standard InChI is InChI=1S/C15H19N3O2/c1-9(2)12-8-13(18-15(16)17-12)11-6-5-10(19-3)7-14(11)20-4/h5-9H,1-4H3,(H2,16,17,18). The van der Waals surface area contributed by atoms with E-state index in [1.165, 1.54) is 0 Å². The van der Waals surface area contributed by atoms with Gasteiger partial charge in [0.1, 0.15) is 11.5 Å². The lowest BCUT2D eigenvalue weighted by Gasteiger charge is -2.12. The molecule has 5 nitrogen and oxygen atoms in total. The highest BCUT2D eigenvalue weighted by Gasteiger charge is 2.12. The number of hydrogen-bond acceptors (Lipinski definition) is 5. The summed E-state index contributed by atoms with van der Waals surface area (Å²) in [5.41, 5.74) is 8.32. The molecule has 2 aromatic rings. The third kappa shape index (κ3) is 2.82. The molecule has 5 heteroatoms. The van der Waals surface area contributed by atoms with Crippen molar-refractivity contribution in [1.82, 2.24) is 9.97 Å². The fourth-order valence-corrected chi connectivity index (χ4v) is 1.93. The molecule has 0 spiro atoms. The largest absolute Gasteiger partial charge is 0.497 e. The van der Waals surface area contributed by atoms with Gasteiger partial charge in [-0.2, -0.15) is 0 Å². The number of rotatable bonds is 4. The molecule has 0 saturated heterocycles. The van der Waals surface area contributed by atoms with Crippen LogP contribution in [0.1, 0.15) is 25.5 Å². The van der Waals surface area contributed by atoms with E-state index in [1.54, 1.807) is 14.2 Å². The Labute approximate surface area is 118 Å². The Hall–Kier alpha value is -2.30. The molecule has 0 aliphatic heterocycles. The van der Waals surface area contributed by atoms with Crippen molar-refractivity contribution in [2.24, 2.45) is 0 Å². The van der Waals surface area contributed by atoms with Crippen LogP contribution in [0.25, 0.3) is 11.3 Å². The van der Waals surface area contributed by atoms with E-state index in [0.717, 1.165) is 22.7 Å². The molecule has 0 amide bonds. The predicted octanol–water partition coefficient (Wildman–Crippen LogP) is 2.87. The first-order valence-corrected chi connectivity index (χ1v) is 6.42. The Morgan fingerprint density at radius 3 is 2.40 bits per heavy atom. The summed E-state index contributed by atoms with van der Waals surface area (Å²) < 4.78 is 10.6. The first-order valence-electron chi connectivity index (χ1n) is 6.42. The number of nitrogens with zero attached hydrogens (tertiary/aromatic N) is 2. The van der Waals surface area contributed by atoms with Crippen molar-refractivity contribution in [3.63, 3.8) is 0 Å². The summed E-state index contributed by atoms with van der Waals surface area (Å²) in [6.07, 6.45) is 0. The van der Waals surface area contributed by atoms with E-state index in [9.17, 15) is 0 Å². The van der Waals surface area contributed by atoms with Crippen LogP contribution < -0.4 is 15.2 Å². The summed E-state index contributed by atoms with van der Waals surface area (Å²) in [6.45, 7) is 4.13. The maximum Gasteiger partial charge on any atom is 0.220 e. The number of hydrogen-bond donors (Lipinski definition) is 1. The summed E-state index contributed by atoms with van der Waals surface area (Å²) >= 11 is 0. The molecular formula is C15H19N3O2. The third-order valence-electron chi connectivity index (χ3n) is 3.04. The zero-order chi connectivity index (χ0) is 14.7. The van der Waals surface area contributed by atoms with Crippen molar-refractivity contribution in [2.75, 3.05) is 20.0 Å². The molecule has 1 heterocycles. The summed E-state index contributed by atoms with van der Waals surface area (Å²) in [5.74, 6) is 1.97. The van der Waals surface area contributed by atoms with Gasteiger partial charge >= 0.3 is 0 Å². The number of nitrogens with two attached hydrogens (primary N) is 1. The van der Waals surface area contributed by atoms with Crippen molar-refractivity contribution in [3.8, 4) is 22.8 Å². The van der Waals surface area contributed by atoms with E-state index in [2.05, 4.69) is 23.8 Å². The SMILES string of the molecule is COc1ccc(-c2cc(C(C)C)nc(N)n2)c(OC)c1. The van der Waals surface area contributed by atoms with E-state index in [-0.39, 0.29) is 11.9 Å². The molecule has 0 radical (unpaired) electrons. The summed E-state index contributed by atoms with van der Waals surface area (Å²) in [7, 11) is 3.24. The molecule has 0 fully saturated rings. The summed E-state index contributed by atoms with van der Waals surface area (Å²) in [4.78, 5) is 8.55. The van der Waals surface area contributed by atoms with Crippen LogP contribution in [0.15, 0.2) is 24.3 Å². The van der Waals surface area contributed by atoms with Gasteiger partial charge in [0.25, 0.3) is 0 Å². The lowest BCUT2D eigenvalue weighted by atomic mass is 10.1. The molecule has 0 atom stereocenters. The first-order chi connectivity index (χ1) is 9.55. The highest BCUT2D eigenvalue weighted by molar-refractivity contribution is 5.69. The van der Waals surface area contributed by atoms with E-state index < -0.39 is 0 Å². The van der Waals surface area contributed by atoms with Crippen LogP contribution >= 0.6 is 0 Å². The highest BCUT2D eigenvalue weighted by Crippen LogP contribution is 2.33. The number of anilines is 1. The average molecular weight is 273 g/mol. The fraction of sp³-hybridized carbons (Fsp3) is 0.333. The van der Waals surface area contributed by atoms with Gasteiger partial charge in [0, 0.05) is 17.3 Å². The van der Waals surface area contributed by atoms with E-state index >= 15 is 0 Å². The molecule has 0 aliphatic rings. The van der Waals surface area contributed by atoms with Gasteiger partial charge < -0.3 is 15.2 Å². The lowest BCUT2D eigenvalue weighted by Crippen LogP contribution is -2.03. The molecular weight excluding hydrogens is 254 g/mol. The second-order valence-electron chi connectivity index (χ2n) is 4.76. The second-order valence-corrected chi connectivity index (χ2v) is 4.76. The molecule has 1 aromatic carbocycles. The third-order valence-corrected chi connectivity index (χ3v) is 3.04. The van der Waals surface area contributed by atoms with Crippen molar-refractivity contribution in [2.45, 2.75) is 19.8 Å². The Bertz CT molecular complexity index is 612. The van der Waals surface area contributed by atoms with Crippen LogP contribution in [0.3, 0.4) is 0 Å². The zero-order valence-corrected chi connectivity index (χ0v) is 12.2. The molecule has 106 valence electrons. The normalized spacial score (nSPS) is 10.7. The van der Waals surface area contributed by atoms with E-state index in [1.807, 2.05) is 24.3 Å². The second kappa shape index (κ2) is 5.77. The molecule has 0 unspecified atom stereocenters. The quantitative estimate of drug-likeness (QED) is 0.927. The van der Waals surface area contributed by atoms with Crippen LogP contribution in [0, 0.1) is 0 Å². The maximum atomic E-state index is 5.79. The van der Waals surface area contributed by atoms with Crippen LogP contribution in [0.5, 0.6) is 11.5 Å². The smallest absolute Gasteiger partial charge is 0.220 e. The minimum absolute atomic E-state index is 0.268. The van der Waals surface area contributed by atoms with Crippen molar-refractivity contribution in [1.29, 1.82) is 0 Å². The molecule has 1 aromatic heterocycles. The monoisotopic (exact) mass is 273 g/mol. The van der Waals surface area contributed by atoms with Crippen LogP contribution in [-0.4, -0.2) is 24.2 Å². The predicted molar refractivity (Wildman–Crippen MR) is 79.1 cm³/mol. The lowest BCUT2D eigenvalue weighted by molar-refractivity contribution is 0.395. The first kappa shape index (κ1) is 14.1. The molecule has 2 rings (SSSR count). The molecule has 0 saturated carbocycles. The minimum Gasteiger partial charge on any atom is -0.497 e. The molecule has 2 N–H and O–H groups in total. The van der Waals surface area contributed by atoms with E-state index in [4.69, 9.17) is 15.2 Å². The zero-order valence-electron chi connectivity index (χ0n) is 12.2. The number of methoxy groups -OCH3 is 2. The Morgan fingerprint density at radius 1 is 1.05 bits per heavy atom. The fourth-order valence-electron chi connectivity index (χ4n) is 1.93. The Kier molecular flexibility index (Phi) is 4.08. The molecule has 0 bridgehead atoms. The van der Waals surface area contributed by atoms with Crippen molar-refractivity contribution >= 4 is 5.95 Å². The Morgan fingerprint density at radius 2 is 1.80 bits per heavy atom. The topological polar surface area (TPSA) is 70.3 Å². The van der Waals surface area contributed by atoms with Gasteiger partial charge in [-0.05, 0) is 24.1 Å². The van der Waals surface area contributed by atoms with Gasteiger partial charge in [0.2, 0.25) is 5.95 Å². The number of aromatic nitrogens is 2. The molecule has 20 heavy (non-hydrogen) atoms. The van der Waals surface area contributed by atoms with Crippen molar-refractivity contribution < 1.29 is 9.47 Å². The van der Waals surface area contributed by atoms with Crippen LogP contribution in [0.4, 0.5) is 5.95 Å². The maximum absolute atomic E-state index is 5.79. The van der Waals surface area contributed by atoms with Crippen molar-refractivity contribution in [3.05, 3.63) is 30.0 Å². The molecule has 0 aliphatic carbocycles. The van der Waals surface area contributed by atoms with Gasteiger partial charge in [-0.15, -0.1) is 0 Å². The number of nitrogen functional groups attached to an aromatic ring is 1. The van der Waals surface area contributed by atoms with Gasteiger partial charge in [-0.3, -0.25) is 0 Å². The average Bonchev–Trinajstić information content (AvgIpc) is 2.45. The van der Waals surface area contributed by atoms with Gasteiger partial charge in [0.05, 0.1) is 19.9 Å². The van der Waals surface area contributed by atoms with Gasteiger partial charge in [-0.25, -0.2) is 9.97 Å². The number of benzene rings is 1. The van der Waals surface area contributed by atoms with E-state index in [0.29, 0.717) is 5.75 Å². The van der Waals surface area contributed by atoms with Gasteiger partial charge in [0.15, 0.2) is 0 Å².